The molecule has 6 nitrogen and oxygen atoms in total. The Labute approximate surface area is 264 Å². The van der Waals surface area contributed by atoms with E-state index in [0.717, 1.165) is 41.2 Å². The topological polar surface area (TPSA) is 51.2 Å². The third-order valence-electron chi connectivity index (χ3n) is 8.89. The van der Waals surface area contributed by atoms with Crippen LogP contribution in [0.5, 0.6) is 17.2 Å². The number of carbonyl (C=O) groups is 1. The zero-order valence-corrected chi connectivity index (χ0v) is 25.8. The highest BCUT2D eigenvalue weighted by Crippen LogP contribution is 2.59. The average molecular weight is 597 g/mol. The first kappa shape index (κ1) is 28.5. The number of hydrogen-bond acceptors (Lipinski definition) is 6. The number of nitrogens with zero attached hydrogens (tertiary/aromatic N) is 2. The van der Waals surface area contributed by atoms with E-state index in [2.05, 4.69) is 84.3 Å². The molecule has 2 aliphatic heterocycles. The Balaban J connectivity index is 1.45. The van der Waals surface area contributed by atoms with E-state index < -0.39 is 5.60 Å². The molecule has 0 fully saturated rings. The first-order chi connectivity index (χ1) is 22.0. The van der Waals surface area contributed by atoms with Crippen molar-refractivity contribution in [3.63, 3.8) is 0 Å². The summed E-state index contributed by atoms with van der Waals surface area (Å²) in [7, 11) is 1.66. The van der Waals surface area contributed by atoms with Gasteiger partial charge >= 0.3 is 5.97 Å². The van der Waals surface area contributed by atoms with Gasteiger partial charge in [0.25, 0.3) is 0 Å². The first-order valence-electron chi connectivity index (χ1n) is 15.5. The number of carbonyl (C=O) groups excluding carboxylic acids is 1. The Kier molecular flexibility index (Phi) is 7.42. The van der Waals surface area contributed by atoms with E-state index in [4.69, 9.17) is 14.2 Å². The fourth-order valence-corrected chi connectivity index (χ4v) is 6.68. The first-order valence-corrected chi connectivity index (χ1v) is 15.5. The molecule has 45 heavy (non-hydrogen) atoms. The number of ether oxygens (including phenoxy) is 3. The number of benzene rings is 5. The molecule has 0 saturated carbocycles. The summed E-state index contributed by atoms with van der Waals surface area (Å²) in [4.78, 5) is 18.2. The van der Waals surface area contributed by atoms with Crippen LogP contribution in [0, 0.1) is 0 Å². The van der Waals surface area contributed by atoms with E-state index in [1.807, 2.05) is 54.6 Å². The van der Waals surface area contributed by atoms with E-state index in [-0.39, 0.29) is 5.97 Å². The Morgan fingerprint density at radius 3 is 1.96 bits per heavy atom. The number of fused-ring (bicyclic) bond motifs is 6. The zero-order valence-electron chi connectivity index (χ0n) is 25.8. The molecule has 0 bridgehead atoms. The molecule has 0 amide bonds. The molecule has 5 aromatic rings. The monoisotopic (exact) mass is 596 g/mol. The van der Waals surface area contributed by atoms with Crippen LogP contribution in [-0.4, -0.2) is 26.2 Å². The van der Waals surface area contributed by atoms with Crippen LogP contribution >= 0.6 is 0 Å². The van der Waals surface area contributed by atoms with E-state index in [0.29, 0.717) is 35.9 Å². The van der Waals surface area contributed by atoms with Crippen molar-refractivity contribution >= 4 is 17.3 Å². The summed E-state index contributed by atoms with van der Waals surface area (Å²) in [6.07, 6.45) is 0. The summed E-state index contributed by atoms with van der Waals surface area (Å²) < 4.78 is 19.3. The largest absolute Gasteiger partial charge is 0.493 e. The van der Waals surface area contributed by atoms with Crippen LogP contribution in [0.1, 0.15) is 52.0 Å². The molecule has 0 aromatic heterocycles. The molecular weight excluding hydrogens is 560 g/mol. The third kappa shape index (κ3) is 4.87. The Bertz CT molecular complexity index is 1810. The molecule has 5 aromatic carbocycles. The molecule has 0 aliphatic carbocycles. The lowest BCUT2D eigenvalue weighted by Gasteiger charge is -2.38. The molecule has 226 valence electrons. The molecule has 1 unspecified atom stereocenters. The highest BCUT2D eigenvalue weighted by molar-refractivity contribution is 5.97. The van der Waals surface area contributed by atoms with Gasteiger partial charge < -0.3 is 24.0 Å². The van der Waals surface area contributed by atoms with Gasteiger partial charge in [0.1, 0.15) is 5.75 Å². The van der Waals surface area contributed by atoms with Gasteiger partial charge in [0.15, 0.2) is 17.1 Å². The summed E-state index contributed by atoms with van der Waals surface area (Å²) in [6.45, 7) is 7.34. The third-order valence-corrected chi connectivity index (χ3v) is 8.89. The van der Waals surface area contributed by atoms with Gasteiger partial charge in [-0.05, 0) is 49.2 Å². The van der Waals surface area contributed by atoms with Crippen molar-refractivity contribution in [2.75, 3.05) is 30.0 Å². The van der Waals surface area contributed by atoms with Gasteiger partial charge in [-0.1, -0.05) is 78.9 Å². The van der Waals surface area contributed by atoms with E-state index in [9.17, 15) is 4.79 Å². The Hall–Kier alpha value is -5.23. The lowest BCUT2D eigenvalue weighted by molar-refractivity contribution is 0.0223. The van der Waals surface area contributed by atoms with Crippen LogP contribution in [0.3, 0.4) is 0 Å². The van der Waals surface area contributed by atoms with Crippen molar-refractivity contribution in [2.24, 2.45) is 0 Å². The normalized spacial score (nSPS) is 15.8. The van der Waals surface area contributed by atoms with Crippen molar-refractivity contribution in [1.82, 2.24) is 0 Å². The Morgan fingerprint density at radius 2 is 1.31 bits per heavy atom. The van der Waals surface area contributed by atoms with Crippen molar-refractivity contribution in [3.05, 3.63) is 149 Å². The SMILES string of the molecule is CCN(CC)c1ccc2c(c1)Oc1c(OC)cc(N(Cc3ccccc3)Cc3ccccc3)cc1C21OC(=O)c2ccccc21. The molecule has 1 atom stereocenters. The smallest absolute Gasteiger partial charge is 0.340 e. The molecule has 7 rings (SSSR count). The van der Waals surface area contributed by atoms with Gasteiger partial charge in [-0.15, -0.1) is 0 Å². The zero-order chi connectivity index (χ0) is 31.0. The summed E-state index contributed by atoms with van der Waals surface area (Å²) in [5, 5.41) is 0. The summed E-state index contributed by atoms with van der Waals surface area (Å²) >= 11 is 0. The van der Waals surface area contributed by atoms with Gasteiger partial charge in [0.05, 0.1) is 18.2 Å². The van der Waals surface area contributed by atoms with E-state index in [1.54, 1.807) is 7.11 Å². The van der Waals surface area contributed by atoms with Crippen LogP contribution in [0.25, 0.3) is 0 Å². The lowest BCUT2D eigenvalue weighted by Crippen LogP contribution is -2.34. The minimum atomic E-state index is -1.20. The second kappa shape index (κ2) is 11.7. The molecule has 1 spiro atoms. The fourth-order valence-electron chi connectivity index (χ4n) is 6.68. The summed E-state index contributed by atoms with van der Waals surface area (Å²) in [6, 6.07) is 38.8. The van der Waals surface area contributed by atoms with Crippen molar-refractivity contribution in [1.29, 1.82) is 0 Å². The van der Waals surface area contributed by atoms with Crippen LogP contribution in [-0.2, 0) is 23.4 Å². The maximum Gasteiger partial charge on any atom is 0.340 e. The maximum atomic E-state index is 13.6. The Morgan fingerprint density at radius 1 is 0.667 bits per heavy atom. The van der Waals surface area contributed by atoms with Gasteiger partial charge in [0.2, 0.25) is 0 Å². The highest BCUT2D eigenvalue weighted by atomic mass is 16.6. The highest BCUT2D eigenvalue weighted by Gasteiger charge is 2.54. The minimum absolute atomic E-state index is 0.355. The van der Waals surface area contributed by atoms with Gasteiger partial charge in [-0.2, -0.15) is 0 Å². The molecule has 0 radical (unpaired) electrons. The summed E-state index contributed by atoms with van der Waals surface area (Å²) in [5.41, 5.74) is 6.03. The number of anilines is 2. The van der Waals surface area contributed by atoms with Gasteiger partial charge in [-0.25, -0.2) is 4.79 Å². The van der Waals surface area contributed by atoms with Crippen LogP contribution in [0.4, 0.5) is 11.4 Å². The molecule has 0 saturated heterocycles. The van der Waals surface area contributed by atoms with E-state index >= 15 is 0 Å². The van der Waals surface area contributed by atoms with Crippen molar-refractivity contribution in [3.8, 4) is 17.2 Å². The molecular formula is C39H36N2O4. The number of methoxy groups -OCH3 is 1. The number of rotatable bonds is 9. The maximum absolute atomic E-state index is 13.6. The van der Waals surface area contributed by atoms with Crippen molar-refractivity contribution in [2.45, 2.75) is 32.5 Å². The second-order valence-electron chi connectivity index (χ2n) is 11.4. The quantitative estimate of drug-likeness (QED) is 0.160. The predicted molar refractivity (Wildman–Crippen MR) is 178 cm³/mol. The van der Waals surface area contributed by atoms with Crippen LogP contribution < -0.4 is 19.3 Å². The van der Waals surface area contributed by atoms with E-state index in [1.165, 1.54) is 11.1 Å². The molecule has 0 N–H and O–H groups in total. The van der Waals surface area contributed by atoms with Crippen molar-refractivity contribution < 1.29 is 19.0 Å². The fraction of sp³-hybridized carbons (Fsp3) is 0.205. The standard InChI is InChI=1S/C39H36N2O4/c1-4-40(5-2)29-20-21-33-35(23-29)44-37-34(39(33)32-19-13-12-18-31(32)38(42)45-39)22-30(24-36(37)43-3)41(25-27-14-8-6-9-15-27)26-28-16-10-7-11-17-28/h6-24H,4-5,25-26H2,1-3H3. The lowest BCUT2D eigenvalue weighted by atomic mass is 9.77. The predicted octanol–water partition coefficient (Wildman–Crippen LogP) is 8.32. The second-order valence-corrected chi connectivity index (χ2v) is 11.4. The number of hydrogen-bond donors (Lipinski definition) is 0. The molecule has 2 heterocycles. The van der Waals surface area contributed by atoms with Crippen LogP contribution in [0.2, 0.25) is 0 Å². The van der Waals surface area contributed by atoms with Crippen LogP contribution in [0.15, 0.2) is 115 Å². The molecule has 6 heteroatoms. The average Bonchev–Trinajstić information content (AvgIpc) is 3.38. The number of esters is 1. The summed E-state index contributed by atoms with van der Waals surface area (Å²) in [5.74, 6) is 1.42. The molecule has 2 aliphatic rings. The van der Waals surface area contributed by atoms with Gasteiger partial charge in [-0.3, -0.25) is 0 Å². The minimum Gasteiger partial charge on any atom is -0.493 e. The van der Waals surface area contributed by atoms with Gasteiger partial charge in [0, 0.05) is 60.8 Å².